The summed E-state index contributed by atoms with van der Waals surface area (Å²) in [6, 6.07) is 15.8. The van der Waals surface area contributed by atoms with Crippen molar-refractivity contribution in [3.8, 4) is 11.5 Å². The lowest BCUT2D eigenvalue weighted by molar-refractivity contribution is 0.469. The lowest BCUT2D eigenvalue weighted by Gasteiger charge is -2.14. The zero-order chi connectivity index (χ0) is 12.3. The Bertz CT molecular complexity index is 511. The molecule has 2 nitrogen and oxygen atoms in total. The minimum absolute atomic E-state index is 0.0347. The van der Waals surface area contributed by atoms with Crippen LogP contribution in [0.4, 0.5) is 0 Å². The van der Waals surface area contributed by atoms with E-state index < -0.39 is 0 Å². The van der Waals surface area contributed by atoms with Crippen LogP contribution in [0.3, 0.4) is 0 Å². The van der Waals surface area contributed by atoms with E-state index in [9.17, 15) is 0 Å². The van der Waals surface area contributed by atoms with Gasteiger partial charge in [0.05, 0.1) is 3.57 Å². The molecule has 0 aliphatic rings. The summed E-state index contributed by atoms with van der Waals surface area (Å²) >= 11 is 2.26. The first-order valence-corrected chi connectivity index (χ1v) is 6.53. The van der Waals surface area contributed by atoms with Crippen LogP contribution >= 0.6 is 22.6 Å². The fourth-order valence-corrected chi connectivity index (χ4v) is 2.09. The topological polar surface area (TPSA) is 35.2 Å². The van der Waals surface area contributed by atoms with Crippen LogP contribution in [0.25, 0.3) is 0 Å². The highest BCUT2D eigenvalue weighted by atomic mass is 127. The minimum atomic E-state index is -0.0347. The molecule has 0 amide bonds. The molecular formula is C14H14INO. The van der Waals surface area contributed by atoms with E-state index in [0.29, 0.717) is 0 Å². The molecule has 0 heterocycles. The molecule has 0 saturated heterocycles. The van der Waals surface area contributed by atoms with Crippen molar-refractivity contribution in [2.24, 2.45) is 5.73 Å². The molecule has 88 valence electrons. The zero-order valence-corrected chi connectivity index (χ0v) is 11.7. The van der Waals surface area contributed by atoms with Gasteiger partial charge in [-0.3, -0.25) is 0 Å². The Hall–Kier alpha value is -1.07. The van der Waals surface area contributed by atoms with Crippen LogP contribution in [0.2, 0.25) is 0 Å². The lowest BCUT2D eigenvalue weighted by Crippen LogP contribution is -2.06. The highest BCUT2D eigenvalue weighted by molar-refractivity contribution is 14.1. The lowest BCUT2D eigenvalue weighted by atomic mass is 10.1. The molecule has 0 aromatic heterocycles. The molecule has 0 spiro atoms. The smallest absolute Gasteiger partial charge is 0.140 e. The van der Waals surface area contributed by atoms with E-state index in [1.807, 2.05) is 55.5 Å². The van der Waals surface area contributed by atoms with Gasteiger partial charge in [0.1, 0.15) is 11.5 Å². The first-order valence-electron chi connectivity index (χ1n) is 5.45. The van der Waals surface area contributed by atoms with Gasteiger partial charge in [0, 0.05) is 11.6 Å². The average Bonchev–Trinajstić information content (AvgIpc) is 2.32. The predicted octanol–water partition coefficient (Wildman–Crippen LogP) is 4.10. The van der Waals surface area contributed by atoms with Crippen LogP contribution in [-0.2, 0) is 0 Å². The van der Waals surface area contributed by atoms with Gasteiger partial charge in [0.15, 0.2) is 0 Å². The number of benzene rings is 2. The number of rotatable bonds is 3. The summed E-state index contributed by atoms with van der Waals surface area (Å²) in [4.78, 5) is 0. The van der Waals surface area contributed by atoms with Gasteiger partial charge in [-0.1, -0.05) is 30.3 Å². The van der Waals surface area contributed by atoms with E-state index in [2.05, 4.69) is 22.6 Å². The zero-order valence-electron chi connectivity index (χ0n) is 9.56. The Morgan fingerprint density at radius 3 is 2.24 bits per heavy atom. The van der Waals surface area contributed by atoms with E-state index in [0.717, 1.165) is 20.6 Å². The first-order chi connectivity index (χ1) is 8.18. The number of para-hydroxylation sites is 2. The van der Waals surface area contributed by atoms with Gasteiger partial charge in [-0.2, -0.15) is 0 Å². The second-order valence-electron chi connectivity index (χ2n) is 3.86. The molecule has 0 fully saturated rings. The van der Waals surface area contributed by atoms with Crippen molar-refractivity contribution in [3.05, 3.63) is 57.7 Å². The molecule has 0 unspecified atom stereocenters. The van der Waals surface area contributed by atoms with Gasteiger partial charge in [-0.15, -0.1) is 0 Å². The Kier molecular flexibility index (Phi) is 4.02. The SMILES string of the molecule is C[C@@H](N)c1ccccc1Oc1ccccc1I. The van der Waals surface area contributed by atoms with Crippen molar-refractivity contribution in [1.29, 1.82) is 0 Å². The Labute approximate surface area is 115 Å². The molecule has 3 heteroatoms. The van der Waals surface area contributed by atoms with Crippen molar-refractivity contribution in [2.75, 3.05) is 0 Å². The maximum atomic E-state index is 5.92. The van der Waals surface area contributed by atoms with Gasteiger partial charge >= 0.3 is 0 Å². The minimum Gasteiger partial charge on any atom is -0.456 e. The van der Waals surface area contributed by atoms with Crippen molar-refractivity contribution in [1.82, 2.24) is 0 Å². The van der Waals surface area contributed by atoms with Gasteiger partial charge in [-0.05, 0) is 47.7 Å². The van der Waals surface area contributed by atoms with Crippen LogP contribution in [0.15, 0.2) is 48.5 Å². The summed E-state index contributed by atoms with van der Waals surface area (Å²) in [5.41, 5.74) is 6.94. The molecule has 0 saturated carbocycles. The van der Waals surface area contributed by atoms with Gasteiger partial charge in [0.25, 0.3) is 0 Å². The molecule has 17 heavy (non-hydrogen) atoms. The van der Waals surface area contributed by atoms with E-state index in [-0.39, 0.29) is 6.04 Å². The van der Waals surface area contributed by atoms with E-state index in [4.69, 9.17) is 10.5 Å². The third-order valence-electron chi connectivity index (χ3n) is 2.47. The van der Waals surface area contributed by atoms with Gasteiger partial charge < -0.3 is 10.5 Å². The summed E-state index contributed by atoms with van der Waals surface area (Å²) in [6.45, 7) is 1.96. The van der Waals surface area contributed by atoms with Crippen LogP contribution in [0, 0.1) is 3.57 Å². The van der Waals surface area contributed by atoms with Crippen LogP contribution in [0.5, 0.6) is 11.5 Å². The average molecular weight is 339 g/mol. The van der Waals surface area contributed by atoms with Gasteiger partial charge in [0.2, 0.25) is 0 Å². The van der Waals surface area contributed by atoms with E-state index >= 15 is 0 Å². The van der Waals surface area contributed by atoms with Crippen molar-refractivity contribution in [3.63, 3.8) is 0 Å². The third kappa shape index (κ3) is 2.98. The fraction of sp³-hybridized carbons (Fsp3) is 0.143. The van der Waals surface area contributed by atoms with E-state index in [1.54, 1.807) is 0 Å². The second-order valence-corrected chi connectivity index (χ2v) is 5.02. The maximum absolute atomic E-state index is 5.92. The number of hydrogen-bond acceptors (Lipinski definition) is 2. The molecule has 2 rings (SSSR count). The molecule has 0 aliphatic heterocycles. The van der Waals surface area contributed by atoms with Gasteiger partial charge in [-0.25, -0.2) is 0 Å². The van der Waals surface area contributed by atoms with Crippen molar-refractivity contribution < 1.29 is 4.74 Å². The van der Waals surface area contributed by atoms with Crippen LogP contribution in [-0.4, -0.2) is 0 Å². The largest absolute Gasteiger partial charge is 0.456 e. The standard InChI is InChI=1S/C14H14INO/c1-10(16)11-6-2-4-8-13(11)17-14-9-5-3-7-12(14)15/h2-10H,16H2,1H3/t10-/m1/s1. The van der Waals surface area contributed by atoms with Crippen LogP contribution in [0.1, 0.15) is 18.5 Å². The molecule has 0 aliphatic carbocycles. The fourth-order valence-electron chi connectivity index (χ4n) is 1.60. The summed E-state index contributed by atoms with van der Waals surface area (Å²) in [5.74, 6) is 1.69. The molecule has 2 aromatic carbocycles. The van der Waals surface area contributed by atoms with E-state index in [1.165, 1.54) is 0 Å². The highest BCUT2D eigenvalue weighted by Gasteiger charge is 2.09. The van der Waals surface area contributed by atoms with Crippen LogP contribution < -0.4 is 10.5 Å². The molecule has 1 atom stereocenters. The summed E-state index contributed by atoms with van der Waals surface area (Å²) in [6.07, 6.45) is 0. The predicted molar refractivity (Wildman–Crippen MR) is 78.3 cm³/mol. The number of ether oxygens (including phenoxy) is 1. The quantitative estimate of drug-likeness (QED) is 0.855. The molecule has 2 N–H and O–H groups in total. The first kappa shape index (κ1) is 12.4. The van der Waals surface area contributed by atoms with Crippen molar-refractivity contribution in [2.45, 2.75) is 13.0 Å². The normalized spacial score (nSPS) is 12.2. The number of hydrogen-bond donors (Lipinski definition) is 1. The molecule has 0 bridgehead atoms. The monoisotopic (exact) mass is 339 g/mol. The molecular weight excluding hydrogens is 325 g/mol. The second kappa shape index (κ2) is 5.51. The maximum Gasteiger partial charge on any atom is 0.140 e. The van der Waals surface area contributed by atoms with Crippen molar-refractivity contribution >= 4 is 22.6 Å². The highest BCUT2D eigenvalue weighted by Crippen LogP contribution is 2.30. The third-order valence-corrected chi connectivity index (χ3v) is 3.36. The number of nitrogens with two attached hydrogens (primary N) is 1. The number of halogens is 1. The molecule has 0 radical (unpaired) electrons. The summed E-state index contributed by atoms with van der Waals surface area (Å²) < 4.78 is 7.00. The Morgan fingerprint density at radius 1 is 1.00 bits per heavy atom. The molecule has 2 aromatic rings. The summed E-state index contributed by atoms with van der Waals surface area (Å²) in [7, 11) is 0. The Morgan fingerprint density at radius 2 is 1.59 bits per heavy atom. The Balaban J connectivity index is 2.34. The summed E-state index contributed by atoms with van der Waals surface area (Å²) in [5, 5.41) is 0.